The first-order valence-corrected chi connectivity index (χ1v) is 31.3. The monoisotopic (exact) mass is 1120 g/mol. The van der Waals surface area contributed by atoms with Gasteiger partial charge in [0.1, 0.15) is 73.2 Å². The van der Waals surface area contributed by atoms with Crippen LogP contribution in [0, 0.1) is 0 Å². The number of aliphatic hydroxyl groups is 11. The van der Waals surface area contributed by atoms with Gasteiger partial charge in [-0.15, -0.1) is 0 Å². The molecular weight excluding hydrogens is 1010 g/mol. The molecule has 0 aliphatic carbocycles. The van der Waals surface area contributed by atoms with E-state index in [9.17, 15) is 61.0 Å². The summed E-state index contributed by atoms with van der Waals surface area (Å²) in [5.41, 5.74) is 0. The Labute approximate surface area is 468 Å². The van der Waals surface area contributed by atoms with Crippen LogP contribution in [0.15, 0.2) is 0 Å². The normalized spacial score (nSPS) is 30.4. The summed E-state index contributed by atoms with van der Waals surface area (Å²) in [6.07, 6.45) is 14.6. The summed E-state index contributed by atoms with van der Waals surface area (Å²) in [4.78, 5) is 13.4. The van der Waals surface area contributed by atoms with Gasteiger partial charge in [0.25, 0.3) is 0 Å². The van der Waals surface area contributed by atoms with Crippen molar-refractivity contribution in [1.29, 1.82) is 0 Å². The first kappa shape index (κ1) is 71.1. The van der Waals surface area contributed by atoms with E-state index in [2.05, 4.69) is 19.2 Å². The van der Waals surface area contributed by atoms with E-state index in [1.165, 1.54) is 161 Å². The molecule has 3 heterocycles. The summed E-state index contributed by atoms with van der Waals surface area (Å²) >= 11 is 0. The molecule has 3 aliphatic rings. The highest BCUT2D eigenvalue weighted by atomic mass is 16.8. The van der Waals surface area contributed by atoms with E-state index in [1.54, 1.807) is 0 Å². The number of rotatable bonds is 47. The Morgan fingerprint density at radius 2 is 0.731 bits per heavy atom. The van der Waals surface area contributed by atoms with E-state index in [4.69, 9.17) is 28.4 Å². The molecular formula is C59H113NO18. The third-order valence-corrected chi connectivity index (χ3v) is 16.2. The number of hydrogen-bond donors (Lipinski definition) is 12. The van der Waals surface area contributed by atoms with Crippen LogP contribution >= 0.6 is 0 Å². The second kappa shape index (κ2) is 43.4. The van der Waals surface area contributed by atoms with Crippen molar-refractivity contribution in [2.75, 3.05) is 26.4 Å². The summed E-state index contributed by atoms with van der Waals surface area (Å²) in [7, 11) is 0. The lowest BCUT2D eigenvalue weighted by Gasteiger charge is -2.48. The van der Waals surface area contributed by atoms with Crippen molar-refractivity contribution in [3.63, 3.8) is 0 Å². The van der Waals surface area contributed by atoms with Crippen LogP contribution in [0.2, 0.25) is 0 Å². The quantitative estimate of drug-likeness (QED) is 0.0312. The standard InChI is InChI=1S/C59H113NO18/c1-3-5-7-9-11-13-15-17-19-21-23-25-27-29-31-33-35-37-47(65)60-42(43(64)36-34-32-30-28-26-24-22-20-18-16-14-12-10-8-6-4-2)41-73-57-53(71)50(68)55(45(39-62)75-57)78-59-54(72)51(69)56(46(40-63)76-59)77-58-52(70)49(67)48(66)44(38-61)74-58/h42-46,48-59,61-64,66-72H,3-41H2,1-2H3,(H,60,65). The van der Waals surface area contributed by atoms with Crippen molar-refractivity contribution in [2.24, 2.45) is 0 Å². The molecule has 78 heavy (non-hydrogen) atoms. The van der Waals surface area contributed by atoms with Crippen molar-refractivity contribution in [1.82, 2.24) is 5.32 Å². The number of nitrogens with one attached hydrogen (secondary N) is 1. The topological polar surface area (TPSA) is 307 Å². The molecule has 3 aliphatic heterocycles. The molecule has 17 unspecified atom stereocenters. The lowest BCUT2D eigenvalue weighted by Crippen LogP contribution is -2.66. The number of unbranched alkanes of at least 4 members (excludes halogenated alkanes) is 31. The van der Waals surface area contributed by atoms with Crippen LogP contribution in [0.1, 0.15) is 239 Å². The van der Waals surface area contributed by atoms with Crippen molar-refractivity contribution in [3.05, 3.63) is 0 Å². The van der Waals surface area contributed by atoms with Crippen LogP contribution in [-0.2, 0) is 33.2 Å². The molecule has 0 aromatic carbocycles. The average Bonchev–Trinajstić information content (AvgIpc) is 3.45. The van der Waals surface area contributed by atoms with Crippen molar-refractivity contribution < 1.29 is 89.4 Å². The van der Waals surface area contributed by atoms with E-state index >= 15 is 0 Å². The Balaban J connectivity index is 1.48. The molecule has 0 aromatic rings. The molecule has 12 N–H and O–H groups in total. The van der Waals surface area contributed by atoms with Gasteiger partial charge in [-0.25, -0.2) is 0 Å². The molecule has 17 atom stereocenters. The maximum atomic E-state index is 13.4. The van der Waals surface area contributed by atoms with E-state index in [1.807, 2.05) is 0 Å². The van der Waals surface area contributed by atoms with Crippen molar-refractivity contribution in [2.45, 2.75) is 343 Å². The first-order valence-electron chi connectivity index (χ1n) is 31.3. The number of carbonyl (C=O) groups excluding carboxylic acids is 1. The molecule has 0 spiro atoms. The van der Waals surface area contributed by atoms with Gasteiger partial charge in [0.05, 0.1) is 38.6 Å². The van der Waals surface area contributed by atoms with E-state index in [0.29, 0.717) is 12.8 Å². The molecule has 1 amide bonds. The SMILES string of the molecule is CCCCCCCCCCCCCCCCCCCC(=O)NC(COC1OC(CO)C(OC2OC(CO)C(OC3OC(CO)C(O)C(O)C3O)C(O)C2O)C(O)C1O)C(O)CCCCCCCCCCCCCCCCCC. The van der Waals surface area contributed by atoms with Crippen molar-refractivity contribution >= 4 is 5.91 Å². The highest BCUT2D eigenvalue weighted by Crippen LogP contribution is 2.33. The van der Waals surface area contributed by atoms with Crippen LogP contribution < -0.4 is 5.32 Å². The fourth-order valence-corrected chi connectivity index (χ4v) is 11.0. The van der Waals surface area contributed by atoms with Crippen LogP contribution in [0.4, 0.5) is 0 Å². The van der Waals surface area contributed by atoms with E-state index in [0.717, 1.165) is 44.9 Å². The number of carbonyl (C=O) groups is 1. The minimum atomic E-state index is -1.97. The zero-order valence-corrected chi connectivity index (χ0v) is 48.2. The average molecular weight is 1120 g/mol. The Bertz CT molecular complexity index is 1440. The molecule has 0 saturated carbocycles. The predicted molar refractivity (Wildman–Crippen MR) is 296 cm³/mol. The van der Waals surface area contributed by atoms with Crippen LogP contribution in [0.25, 0.3) is 0 Å². The molecule has 3 fully saturated rings. The predicted octanol–water partition coefficient (Wildman–Crippen LogP) is 5.99. The number of hydrogen-bond acceptors (Lipinski definition) is 18. The maximum Gasteiger partial charge on any atom is 0.220 e. The molecule has 19 heteroatoms. The lowest BCUT2D eigenvalue weighted by atomic mass is 9.96. The van der Waals surface area contributed by atoms with Crippen LogP contribution in [0.5, 0.6) is 0 Å². The summed E-state index contributed by atoms with van der Waals surface area (Å²) in [6.45, 7) is 1.81. The fourth-order valence-electron chi connectivity index (χ4n) is 11.0. The van der Waals surface area contributed by atoms with E-state index in [-0.39, 0.29) is 18.9 Å². The van der Waals surface area contributed by atoms with Gasteiger partial charge in [-0.3, -0.25) is 4.79 Å². The van der Waals surface area contributed by atoms with Gasteiger partial charge in [-0.1, -0.05) is 219 Å². The summed E-state index contributed by atoms with van der Waals surface area (Å²) < 4.78 is 34.3. The Morgan fingerprint density at radius 3 is 1.12 bits per heavy atom. The van der Waals surface area contributed by atoms with Gasteiger partial charge in [0, 0.05) is 6.42 Å². The summed E-state index contributed by atoms with van der Waals surface area (Å²) in [5, 5.41) is 120. The van der Waals surface area contributed by atoms with Gasteiger partial charge in [-0.2, -0.15) is 0 Å². The first-order chi connectivity index (χ1) is 37.8. The summed E-state index contributed by atoms with van der Waals surface area (Å²) in [6, 6.07) is -0.880. The molecule has 462 valence electrons. The Hall–Kier alpha value is -1.21. The third-order valence-electron chi connectivity index (χ3n) is 16.2. The molecule has 3 saturated heterocycles. The maximum absolute atomic E-state index is 13.4. The number of amides is 1. The molecule has 0 aromatic heterocycles. The minimum absolute atomic E-state index is 0.238. The smallest absolute Gasteiger partial charge is 0.220 e. The largest absolute Gasteiger partial charge is 0.394 e. The van der Waals surface area contributed by atoms with Gasteiger partial charge in [-0.05, 0) is 12.8 Å². The van der Waals surface area contributed by atoms with Gasteiger partial charge in [0.15, 0.2) is 18.9 Å². The third kappa shape index (κ3) is 27.0. The Kier molecular flexibility index (Phi) is 39.6. The van der Waals surface area contributed by atoms with E-state index < -0.39 is 124 Å². The molecule has 0 radical (unpaired) electrons. The number of aliphatic hydroxyl groups excluding tert-OH is 11. The number of ether oxygens (including phenoxy) is 6. The minimum Gasteiger partial charge on any atom is -0.394 e. The lowest BCUT2D eigenvalue weighted by molar-refractivity contribution is -0.379. The highest BCUT2D eigenvalue weighted by Gasteiger charge is 2.53. The van der Waals surface area contributed by atoms with Crippen LogP contribution in [0.3, 0.4) is 0 Å². The second-order valence-electron chi connectivity index (χ2n) is 22.9. The van der Waals surface area contributed by atoms with Crippen molar-refractivity contribution in [3.8, 4) is 0 Å². The summed E-state index contributed by atoms with van der Waals surface area (Å²) in [5.74, 6) is -0.238. The van der Waals surface area contributed by atoms with Crippen LogP contribution in [-0.4, -0.2) is 193 Å². The van der Waals surface area contributed by atoms with Gasteiger partial charge >= 0.3 is 0 Å². The molecule has 19 nitrogen and oxygen atoms in total. The fraction of sp³-hybridized carbons (Fsp3) is 0.983. The zero-order valence-electron chi connectivity index (χ0n) is 48.2. The van der Waals surface area contributed by atoms with Gasteiger partial charge < -0.3 is 89.9 Å². The molecule has 0 bridgehead atoms. The highest BCUT2D eigenvalue weighted by molar-refractivity contribution is 5.76. The second-order valence-corrected chi connectivity index (χ2v) is 22.9. The van der Waals surface area contributed by atoms with Gasteiger partial charge in [0.2, 0.25) is 5.91 Å². The molecule has 3 rings (SSSR count). The Morgan fingerprint density at radius 1 is 0.410 bits per heavy atom. The zero-order chi connectivity index (χ0) is 56.9.